The highest BCUT2D eigenvalue weighted by atomic mass is 28.4. The van der Waals surface area contributed by atoms with Crippen LogP contribution in [-0.2, 0) is 33.0 Å². The molecule has 0 aromatic carbocycles. The van der Waals surface area contributed by atoms with Gasteiger partial charge in [0.1, 0.15) is 12.2 Å². The normalized spacial score (nSPS) is 35.2. The first-order chi connectivity index (χ1) is 12.5. The average molecular weight is 419 g/mol. The number of hydrogen-bond donors (Lipinski definition) is 1. The minimum atomic E-state index is -2.27. The Balaban J connectivity index is 2.48. The summed E-state index contributed by atoms with van der Waals surface area (Å²) < 4.78 is 28.7. The minimum absolute atomic E-state index is 0.0897. The van der Waals surface area contributed by atoms with E-state index >= 15 is 0 Å². The van der Waals surface area contributed by atoms with Gasteiger partial charge in [0.05, 0.1) is 13.2 Å². The molecule has 1 saturated heterocycles. The summed E-state index contributed by atoms with van der Waals surface area (Å²) >= 11 is 0. The summed E-state index contributed by atoms with van der Waals surface area (Å²) in [5, 5.41) is 11.2. The molecule has 1 saturated carbocycles. The Morgan fingerprint density at radius 3 is 2.14 bits per heavy atom. The second-order valence-corrected chi connectivity index (χ2v) is 14.4. The number of esters is 2. The van der Waals surface area contributed by atoms with Crippen molar-refractivity contribution in [3.05, 3.63) is 0 Å². The van der Waals surface area contributed by atoms with E-state index in [-0.39, 0.29) is 11.5 Å². The zero-order valence-electron chi connectivity index (χ0n) is 18.3. The summed E-state index contributed by atoms with van der Waals surface area (Å²) in [5.41, 5.74) is -2.10. The van der Waals surface area contributed by atoms with Gasteiger partial charge in [-0.2, -0.15) is 0 Å². The van der Waals surface area contributed by atoms with Crippen LogP contribution in [0, 0.1) is 0 Å². The Morgan fingerprint density at radius 1 is 1.14 bits per heavy atom. The monoisotopic (exact) mass is 418 g/mol. The standard InChI is InChI=1S/C19H34O8Si/c1-11(20)24-15-14-13(25-18(5,6)26-14)12(10-19(15,22)16(21)23-7)27-28(8,9)17(2,3)4/h12-15,22H,10H2,1-9H3/t12-,13-,14-,15+,19-/m0/s1. The van der Waals surface area contributed by atoms with Gasteiger partial charge in [-0.15, -0.1) is 0 Å². The maximum absolute atomic E-state index is 12.5. The van der Waals surface area contributed by atoms with E-state index in [9.17, 15) is 14.7 Å². The molecule has 1 aliphatic carbocycles. The number of rotatable bonds is 4. The Morgan fingerprint density at radius 2 is 1.68 bits per heavy atom. The lowest BCUT2D eigenvalue weighted by atomic mass is 9.77. The number of ether oxygens (including phenoxy) is 4. The Bertz CT molecular complexity index is 626. The number of fused-ring (bicyclic) bond motifs is 1. The van der Waals surface area contributed by atoms with Gasteiger partial charge in [-0.05, 0) is 32.0 Å². The first-order valence-corrected chi connectivity index (χ1v) is 12.5. The van der Waals surface area contributed by atoms with Crippen molar-refractivity contribution in [3.8, 4) is 0 Å². The Labute approximate surface area is 167 Å². The SMILES string of the molecule is COC(=O)[C@]1(O)C[C@H](O[Si](C)(C)C(C)(C)C)[C@@H]2OC(C)(C)O[C@@H]2[C@H]1OC(C)=O. The molecule has 8 nitrogen and oxygen atoms in total. The van der Waals surface area contributed by atoms with Crippen LogP contribution in [0.15, 0.2) is 0 Å². The predicted octanol–water partition coefficient (Wildman–Crippen LogP) is 2.14. The number of methoxy groups -OCH3 is 1. The summed E-state index contributed by atoms with van der Waals surface area (Å²) in [4.78, 5) is 24.2. The highest BCUT2D eigenvalue weighted by Gasteiger charge is 2.65. The molecule has 2 fully saturated rings. The number of carbonyl (C=O) groups is 2. The molecule has 0 aromatic heterocycles. The molecule has 162 valence electrons. The van der Waals surface area contributed by atoms with Gasteiger partial charge >= 0.3 is 11.9 Å². The van der Waals surface area contributed by atoms with Crippen molar-refractivity contribution in [2.45, 2.75) is 102 Å². The van der Waals surface area contributed by atoms with Crippen LogP contribution in [0.4, 0.5) is 0 Å². The van der Waals surface area contributed by atoms with E-state index in [1.54, 1.807) is 13.8 Å². The van der Waals surface area contributed by atoms with Crippen molar-refractivity contribution in [2.75, 3.05) is 7.11 Å². The van der Waals surface area contributed by atoms with Crippen LogP contribution in [0.25, 0.3) is 0 Å². The number of hydrogen-bond acceptors (Lipinski definition) is 8. The third kappa shape index (κ3) is 4.28. The van der Waals surface area contributed by atoms with Crippen molar-refractivity contribution >= 4 is 20.3 Å². The molecule has 0 aromatic rings. The van der Waals surface area contributed by atoms with Gasteiger partial charge < -0.3 is 28.5 Å². The van der Waals surface area contributed by atoms with Crippen LogP contribution >= 0.6 is 0 Å². The summed E-state index contributed by atoms with van der Waals surface area (Å²) in [5.74, 6) is -2.51. The first kappa shape index (κ1) is 23.3. The molecular formula is C19H34O8Si. The van der Waals surface area contributed by atoms with Crippen LogP contribution in [0.3, 0.4) is 0 Å². The van der Waals surface area contributed by atoms with E-state index in [1.165, 1.54) is 14.0 Å². The molecule has 0 spiro atoms. The molecule has 0 bridgehead atoms. The second kappa shape index (κ2) is 7.35. The molecule has 0 radical (unpaired) electrons. The van der Waals surface area contributed by atoms with Crippen molar-refractivity contribution < 1.29 is 38.1 Å². The summed E-state index contributed by atoms with van der Waals surface area (Å²) in [6.07, 6.45) is -3.47. The zero-order chi connectivity index (χ0) is 21.7. The lowest BCUT2D eigenvalue weighted by Gasteiger charge is -2.48. The fourth-order valence-corrected chi connectivity index (χ4v) is 4.86. The first-order valence-electron chi connectivity index (χ1n) is 9.55. The Kier molecular flexibility index (Phi) is 6.11. The van der Waals surface area contributed by atoms with E-state index in [0.29, 0.717) is 0 Å². The molecule has 5 atom stereocenters. The van der Waals surface area contributed by atoms with Crippen LogP contribution in [0.5, 0.6) is 0 Å². The fourth-order valence-electron chi connectivity index (χ4n) is 3.53. The molecule has 0 amide bonds. The van der Waals surface area contributed by atoms with E-state index in [0.717, 1.165) is 0 Å². The van der Waals surface area contributed by atoms with Gasteiger partial charge in [-0.25, -0.2) is 4.79 Å². The van der Waals surface area contributed by atoms with Crippen LogP contribution < -0.4 is 0 Å². The number of carbonyl (C=O) groups excluding carboxylic acids is 2. The fraction of sp³-hybridized carbons (Fsp3) is 0.895. The maximum Gasteiger partial charge on any atom is 0.342 e. The van der Waals surface area contributed by atoms with Crippen LogP contribution in [-0.4, -0.2) is 68.3 Å². The van der Waals surface area contributed by atoms with Gasteiger partial charge in [-0.3, -0.25) is 4.79 Å². The van der Waals surface area contributed by atoms with Crippen LogP contribution in [0.1, 0.15) is 48.0 Å². The molecule has 1 N–H and O–H groups in total. The maximum atomic E-state index is 12.5. The molecule has 2 rings (SSSR count). The molecule has 28 heavy (non-hydrogen) atoms. The topological polar surface area (TPSA) is 101 Å². The smallest absolute Gasteiger partial charge is 0.342 e. The predicted molar refractivity (Wildman–Crippen MR) is 103 cm³/mol. The molecular weight excluding hydrogens is 384 g/mol. The third-order valence-electron chi connectivity index (χ3n) is 5.90. The van der Waals surface area contributed by atoms with Crippen molar-refractivity contribution in [1.29, 1.82) is 0 Å². The van der Waals surface area contributed by atoms with E-state index in [2.05, 4.69) is 33.9 Å². The van der Waals surface area contributed by atoms with Crippen molar-refractivity contribution in [2.24, 2.45) is 0 Å². The zero-order valence-corrected chi connectivity index (χ0v) is 19.3. The molecule has 0 unspecified atom stereocenters. The summed E-state index contributed by atoms with van der Waals surface area (Å²) in [6.45, 7) is 15.1. The molecule has 1 aliphatic heterocycles. The lowest BCUT2D eigenvalue weighted by molar-refractivity contribution is -0.221. The van der Waals surface area contributed by atoms with Gasteiger partial charge in [0.15, 0.2) is 20.2 Å². The van der Waals surface area contributed by atoms with Gasteiger partial charge in [0.2, 0.25) is 5.60 Å². The Hall–Kier alpha value is -1.00. The van der Waals surface area contributed by atoms with Crippen molar-refractivity contribution in [3.63, 3.8) is 0 Å². The largest absolute Gasteiger partial charge is 0.467 e. The van der Waals surface area contributed by atoms with Crippen LogP contribution in [0.2, 0.25) is 18.1 Å². The third-order valence-corrected chi connectivity index (χ3v) is 10.4. The highest BCUT2D eigenvalue weighted by Crippen LogP contribution is 2.47. The molecule has 1 heterocycles. The van der Waals surface area contributed by atoms with E-state index in [4.69, 9.17) is 23.4 Å². The summed E-state index contributed by atoms with van der Waals surface area (Å²) in [7, 11) is -1.09. The van der Waals surface area contributed by atoms with E-state index < -0.39 is 56.1 Å². The second-order valence-electron chi connectivity index (χ2n) is 9.63. The lowest BCUT2D eigenvalue weighted by Crippen LogP contribution is -2.68. The molecule has 2 aliphatic rings. The van der Waals surface area contributed by atoms with Gasteiger partial charge in [-0.1, -0.05) is 20.8 Å². The van der Waals surface area contributed by atoms with Gasteiger partial charge in [0.25, 0.3) is 0 Å². The average Bonchev–Trinajstić information content (AvgIpc) is 2.84. The van der Waals surface area contributed by atoms with Crippen molar-refractivity contribution in [1.82, 2.24) is 0 Å². The quantitative estimate of drug-likeness (QED) is 0.547. The highest BCUT2D eigenvalue weighted by molar-refractivity contribution is 6.74. The van der Waals surface area contributed by atoms with E-state index in [1.807, 2.05) is 0 Å². The van der Waals surface area contributed by atoms with Gasteiger partial charge in [0, 0.05) is 13.3 Å². The minimum Gasteiger partial charge on any atom is -0.467 e. The molecule has 9 heteroatoms. The number of aliphatic hydroxyl groups is 1. The summed E-state index contributed by atoms with van der Waals surface area (Å²) in [6, 6.07) is 0.